The van der Waals surface area contributed by atoms with Crippen molar-refractivity contribution in [3.05, 3.63) is 87.7 Å². The van der Waals surface area contributed by atoms with Gasteiger partial charge in [-0.3, -0.25) is 4.79 Å². The number of thiazole rings is 1. The van der Waals surface area contributed by atoms with Crippen LogP contribution in [0.3, 0.4) is 0 Å². The minimum Gasteiger partial charge on any atom is -0.494 e. The molecule has 32 heavy (non-hydrogen) atoms. The van der Waals surface area contributed by atoms with E-state index < -0.39 is 0 Å². The molecule has 0 aliphatic heterocycles. The molecular formula is C24H19Cl2N3O2S. The first-order valence-electron chi connectivity index (χ1n) is 9.86. The number of carbonyl (C=O) groups excluding carboxylic acids is 1. The van der Waals surface area contributed by atoms with Gasteiger partial charge in [-0.15, -0.1) is 0 Å². The number of aromatic nitrogens is 1. The molecule has 0 aliphatic rings. The number of hydrogen-bond donors (Lipinski definition) is 2. The van der Waals surface area contributed by atoms with Gasteiger partial charge in [0.05, 0.1) is 22.3 Å². The van der Waals surface area contributed by atoms with Gasteiger partial charge in [0.2, 0.25) is 0 Å². The average molecular weight is 484 g/mol. The van der Waals surface area contributed by atoms with Crippen LogP contribution in [0.1, 0.15) is 16.6 Å². The molecule has 4 aromatic rings. The van der Waals surface area contributed by atoms with Crippen molar-refractivity contribution in [3.8, 4) is 17.0 Å². The second-order valence-electron chi connectivity index (χ2n) is 6.73. The SMILES string of the molecule is CCOc1ccc(Nc2nc(-c3ccccc3)c(C(=O)Nc3ccc(Cl)c(Cl)c3)s2)cc1. The number of nitrogens with zero attached hydrogens (tertiary/aromatic N) is 1. The molecule has 5 nitrogen and oxygen atoms in total. The predicted octanol–water partition coefficient (Wildman–Crippen LogP) is 7.51. The van der Waals surface area contributed by atoms with Gasteiger partial charge in [-0.05, 0) is 49.4 Å². The second kappa shape index (κ2) is 10.0. The highest BCUT2D eigenvalue weighted by atomic mass is 35.5. The third kappa shape index (κ3) is 5.22. The van der Waals surface area contributed by atoms with Crippen LogP contribution in [0.2, 0.25) is 10.0 Å². The van der Waals surface area contributed by atoms with E-state index in [0.717, 1.165) is 17.0 Å². The summed E-state index contributed by atoms with van der Waals surface area (Å²) in [5, 5.41) is 7.55. The minimum absolute atomic E-state index is 0.278. The molecule has 1 aromatic heterocycles. The van der Waals surface area contributed by atoms with E-state index in [4.69, 9.17) is 32.9 Å². The number of hydrogen-bond acceptors (Lipinski definition) is 5. The first-order valence-corrected chi connectivity index (χ1v) is 11.4. The van der Waals surface area contributed by atoms with Crippen LogP contribution in [0, 0.1) is 0 Å². The molecule has 0 fully saturated rings. The van der Waals surface area contributed by atoms with Crippen LogP contribution in [0.4, 0.5) is 16.5 Å². The quantitative estimate of drug-likeness (QED) is 0.285. The number of carbonyl (C=O) groups is 1. The standard InChI is InChI=1S/C24H19Cl2N3O2S/c1-2-31-18-11-8-16(9-12-18)28-24-29-21(15-6-4-3-5-7-15)22(32-24)23(30)27-17-10-13-19(25)20(26)14-17/h3-14H,2H2,1H3,(H,27,30)(H,28,29). The van der Waals surface area contributed by atoms with E-state index in [2.05, 4.69) is 10.6 Å². The molecule has 162 valence electrons. The van der Waals surface area contributed by atoms with E-state index in [0.29, 0.717) is 38.0 Å². The monoisotopic (exact) mass is 483 g/mol. The lowest BCUT2D eigenvalue weighted by Gasteiger charge is -2.06. The molecule has 0 saturated heterocycles. The fraction of sp³-hybridized carbons (Fsp3) is 0.0833. The zero-order valence-corrected chi connectivity index (χ0v) is 19.4. The summed E-state index contributed by atoms with van der Waals surface area (Å²) in [5.41, 5.74) is 2.85. The molecule has 1 amide bonds. The molecule has 3 aromatic carbocycles. The summed E-state index contributed by atoms with van der Waals surface area (Å²) in [6, 6.07) is 22.1. The summed E-state index contributed by atoms with van der Waals surface area (Å²) in [6.07, 6.45) is 0. The number of nitrogens with one attached hydrogen (secondary N) is 2. The fourth-order valence-electron chi connectivity index (χ4n) is 3.01. The van der Waals surface area contributed by atoms with Gasteiger partial charge in [-0.1, -0.05) is 64.9 Å². The smallest absolute Gasteiger partial charge is 0.268 e. The maximum Gasteiger partial charge on any atom is 0.268 e. The molecule has 0 spiro atoms. The Morgan fingerprint density at radius 2 is 1.69 bits per heavy atom. The summed E-state index contributed by atoms with van der Waals surface area (Å²) in [5.74, 6) is 0.517. The van der Waals surface area contributed by atoms with Gasteiger partial charge in [0.15, 0.2) is 5.13 Å². The topological polar surface area (TPSA) is 63.2 Å². The van der Waals surface area contributed by atoms with Gasteiger partial charge in [0.25, 0.3) is 5.91 Å². The Kier molecular flexibility index (Phi) is 6.95. The highest BCUT2D eigenvalue weighted by molar-refractivity contribution is 7.18. The van der Waals surface area contributed by atoms with Crippen LogP contribution in [-0.4, -0.2) is 17.5 Å². The molecule has 4 rings (SSSR count). The Hall–Kier alpha value is -3.06. The minimum atomic E-state index is -0.278. The van der Waals surface area contributed by atoms with Crippen molar-refractivity contribution < 1.29 is 9.53 Å². The molecule has 0 saturated carbocycles. The normalized spacial score (nSPS) is 10.6. The molecular weight excluding hydrogens is 465 g/mol. The van der Waals surface area contributed by atoms with Crippen LogP contribution >= 0.6 is 34.5 Å². The zero-order valence-electron chi connectivity index (χ0n) is 17.1. The molecule has 1 heterocycles. The van der Waals surface area contributed by atoms with Crippen molar-refractivity contribution in [2.45, 2.75) is 6.92 Å². The number of halogens is 2. The van der Waals surface area contributed by atoms with Crippen LogP contribution in [-0.2, 0) is 0 Å². The van der Waals surface area contributed by atoms with Crippen molar-refractivity contribution in [1.29, 1.82) is 0 Å². The van der Waals surface area contributed by atoms with Crippen molar-refractivity contribution in [3.63, 3.8) is 0 Å². The van der Waals surface area contributed by atoms with Crippen LogP contribution in [0.25, 0.3) is 11.3 Å². The highest BCUT2D eigenvalue weighted by Gasteiger charge is 2.20. The third-order valence-electron chi connectivity index (χ3n) is 4.47. The maximum atomic E-state index is 13.1. The van der Waals surface area contributed by atoms with Crippen molar-refractivity contribution in [2.24, 2.45) is 0 Å². The Labute approximate surface area is 200 Å². The Bertz CT molecular complexity index is 1230. The van der Waals surface area contributed by atoms with Crippen LogP contribution in [0.15, 0.2) is 72.8 Å². The Morgan fingerprint density at radius 3 is 2.38 bits per heavy atom. The van der Waals surface area contributed by atoms with Gasteiger partial charge in [-0.2, -0.15) is 0 Å². The van der Waals surface area contributed by atoms with E-state index >= 15 is 0 Å². The third-order valence-corrected chi connectivity index (χ3v) is 6.18. The van der Waals surface area contributed by atoms with E-state index in [-0.39, 0.29) is 5.91 Å². The number of benzene rings is 3. The zero-order chi connectivity index (χ0) is 22.5. The van der Waals surface area contributed by atoms with Crippen LogP contribution < -0.4 is 15.4 Å². The Balaban J connectivity index is 1.63. The number of ether oxygens (including phenoxy) is 1. The molecule has 2 N–H and O–H groups in total. The first-order chi connectivity index (χ1) is 15.5. The van der Waals surface area contributed by atoms with Crippen LogP contribution in [0.5, 0.6) is 5.75 Å². The lowest BCUT2D eigenvalue weighted by molar-refractivity contribution is 0.103. The number of anilines is 3. The maximum absolute atomic E-state index is 13.1. The Morgan fingerprint density at radius 1 is 0.969 bits per heavy atom. The molecule has 8 heteroatoms. The molecule has 0 atom stereocenters. The largest absolute Gasteiger partial charge is 0.494 e. The van der Waals surface area contributed by atoms with E-state index in [9.17, 15) is 4.79 Å². The van der Waals surface area contributed by atoms with Crippen molar-refractivity contribution in [1.82, 2.24) is 4.98 Å². The fourth-order valence-corrected chi connectivity index (χ4v) is 4.21. The van der Waals surface area contributed by atoms with Gasteiger partial charge in [0.1, 0.15) is 10.6 Å². The summed E-state index contributed by atoms with van der Waals surface area (Å²) in [7, 11) is 0. The highest BCUT2D eigenvalue weighted by Crippen LogP contribution is 2.34. The van der Waals surface area contributed by atoms with Crippen molar-refractivity contribution >= 4 is 57.0 Å². The summed E-state index contributed by atoms with van der Waals surface area (Å²) in [4.78, 5) is 18.3. The molecule has 0 unspecified atom stereocenters. The lowest BCUT2D eigenvalue weighted by Crippen LogP contribution is -2.11. The molecule has 0 bridgehead atoms. The number of rotatable bonds is 7. The van der Waals surface area contributed by atoms with E-state index in [1.54, 1.807) is 18.2 Å². The van der Waals surface area contributed by atoms with Gasteiger partial charge >= 0.3 is 0 Å². The lowest BCUT2D eigenvalue weighted by atomic mass is 10.1. The summed E-state index contributed by atoms with van der Waals surface area (Å²) in [6.45, 7) is 2.55. The predicted molar refractivity (Wildman–Crippen MR) is 133 cm³/mol. The first kappa shape index (κ1) is 22.1. The molecule has 0 radical (unpaired) electrons. The summed E-state index contributed by atoms with van der Waals surface area (Å²) >= 11 is 13.3. The average Bonchev–Trinajstić information content (AvgIpc) is 3.22. The van der Waals surface area contributed by atoms with Gasteiger partial charge < -0.3 is 15.4 Å². The molecule has 0 aliphatic carbocycles. The second-order valence-corrected chi connectivity index (χ2v) is 8.54. The number of amides is 1. The van der Waals surface area contributed by atoms with E-state index in [1.165, 1.54) is 11.3 Å². The van der Waals surface area contributed by atoms with Gasteiger partial charge in [-0.25, -0.2) is 4.98 Å². The van der Waals surface area contributed by atoms with Crippen molar-refractivity contribution in [2.75, 3.05) is 17.2 Å². The van der Waals surface area contributed by atoms with Gasteiger partial charge in [0, 0.05) is 16.9 Å². The summed E-state index contributed by atoms with van der Waals surface area (Å²) < 4.78 is 5.48. The van der Waals surface area contributed by atoms with E-state index in [1.807, 2.05) is 61.5 Å².